The molecule has 0 unspecified atom stereocenters. The van der Waals surface area contributed by atoms with E-state index in [1.807, 2.05) is 25.2 Å². The van der Waals surface area contributed by atoms with Gasteiger partial charge in [-0.1, -0.05) is 11.6 Å². The Labute approximate surface area is 108 Å². The van der Waals surface area contributed by atoms with Crippen LogP contribution in [0.25, 0.3) is 0 Å². The maximum absolute atomic E-state index is 8.81. The molecule has 7 heteroatoms. The van der Waals surface area contributed by atoms with Gasteiger partial charge in [-0.15, -0.1) is 21.5 Å². The molecule has 0 aliphatic rings. The normalized spacial score (nSPS) is 10.7. The predicted octanol–water partition coefficient (Wildman–Crippen LogP) is 1.95. The lowest BCUT2D eigenvalue weighted by Gasteiger charge is -2.15. The molecule has 88 valence electrons. The first-order valence-electron chi connectivity index (χ1n) is 4.89. The van der Waals surface area contributed by atoms with Gasteiger partial charge in [-0.2, -0.15) is 5.26 Å². The maximum atomic E-state index is 8.81. The van der Waals surface area contributed by atoms with Crippen LogP contribution in [0.15, 0.2) is 18.5 Å². The summed E-state index contributed by atoms with van der Waals surface area (Å²) in [5, 5.41) is 16.2. The van der Waals surface area contributed by atoms with Gasteiger partial charge in [0.25, 0.3) is 0 Å². The van der Waals surface area contributed by atoms with Crippen LogP contribution in [0.4, 0.5) is 0 Å². The van der Waals surface area contributed by atoms with Gasteiger partial charge >= 0.3 is 0 Å². The second-order valence-electron chi connectivity index (χ2n) is 3.60. The number of rotatable bonds is 4. The van der Waals surface area contributed by atoms with E-state index in [-0.39, 0.29) is 0 Å². The van der Waals surface area contributed by atoms with E-state index < -0.39 is 0 Å². The van der Waals surface area contributed by atoms with E-state index >= 15 is 0 Å². The lowest BCUT2D eigenvalue weighted by molar-refractivity contribution is 0.261. The number of thiophene rings is 1. The van der Waals surface area contributed by atoms with Gasteiger partial charge in [-0.25, -0.2) is 0 Å². The SMILES string of the molecule is CN(Cc1ccc(Cl)s1)Cn1cnnc1C#N. The molecular formula is C10H10ClN5S. The second kappa shape index (κ2) is 5.27. The molecule has 0 fully saturated rings. The number of hydrogen-bond donors (Lipinski definition) is 0. The van der Waals surface area contributed by atoms with Crippen molar-refractivity contribution in [2.24, 2.45) is 0 Å². The van der Waals surface area contributed by atoms with Gasteiger partial charge in [0, 0.05) is 11.4 Å². The Morgan fingerprint density at radius 1 is 1.59 bits per heavy atom. The highest BCUT2D eigenvalue weighted by Crippen LogP contribution is 2.22. The summed E-state index contributed by atoms with van der Waals surface area (Å²) in [6.45, 7) is 1.35. The third kappa shape index (κ3) is 3.03. The Bertz CT molecular complexity index is 541. The molecule has 0 amide bonds. The van der Waals surface area contributed by atoms with E-state index in [2.05, 4.69) is 15.1 Å². The van der Waals surface area contributed by atoms with Crippen molar-refractivity contribution in [2.45, 2.75) is 13.2 Å². The Morgan fingerprint density at radius 3 is 3.06 bits per heavy atom. The minimum absolute atomic E-state index is 0.320. The summed E-state index contributed by atoms with van der Waals surface area (Å²) in [5.74, 6) is 0.320. The molecule has 17 heavy (non-hydrogen) atoms. The first-order valence-corrected chi connectivity index (χ1v) is 6.09. The van der Waals surface area contributed by atoms with Crippen LogP contribution in [0.2, 0.25) is 4.34 Å². The first-order chi connectivity index (χ1) is 8.19. The van der Waals surface area contributed by atoms with Gasteiger partial charge < -0.3 is 0 Å². The topological polar surface area (TPSA) is 57.7 Å². The summed E-state index contributed by atoms with van der Waals surface area (Å²) in [7, 11) is 1.97. The number of halogens is 1. The van der Waals surface area contributed by atoms with Crippen molar-refractivity contribution in [3.63, 3.8) is 0 Å². The molecule has 0 aliphatic carbocycles. The highest BCUT2D eigenvalue weighted by Gasteiger charge is 2.07. The Hall–Kier alpha value is -1.42. The van der Waals surface area contributed by atoms with Gasteiger partial charge in [-0.3, -0.25) is 9.47 Å². The molecule has 5 nitrogen and oxygen atoms in total. The van der Waals surface area contributed by atoms with Crippen LogP contribution in [0.3, 0.4) is 0 Å². The molecule has 2 rings (SSSR count). The first kappa shape index (κ1) is 12.0. The fourth-order valence-electron chi connectivity index (χ4n) is 1.46. The number of nitriles is 1. The summed E-state index contributed by atoms with van der Waals surface area (Å²) in [6.07, 6.45) is 1.55. The minimum Gasteiger partial charge on any atom is -0.291 e. The summed E-state index contributed by atoms with van der Waals surface area (Å²) in [6, 6.07) is 5.88. The van der Waals surface area contributed by atoms with Gasteiger partial charge in [0.2, 0.25) is 5.82 Å². The van der Waals surface area contributed by atoms with Crippen LogP contribution < -0.4 is 0 Å². The van der Waals surface area contributed by atoms with Crippen molar-refractivity contribution >= 4 is 22.9 Å². The average molecular weight is 268 g/mol. The zero-order chi connectivity index (χ0) is 12.3. The second-order valence-corrected chi connectivity index (χ2v) is 5.40. The van der Waals surface area contributed by atoms with E-state index in [9.17, 15) is 0 Å². The molecular weight excluding hydrogens is 258 g/mol. The quantitative estimate of drug-likeness (QED) is 0.850. The van der Waals surface area contributed by atoms with Gasteiger partial charge in [0.15, 0.2) is 0 Å². The zero-order valence-electron chi connectivity index (χ0n) is 9.17. The molecule has 0 bridgehead atoms. The molecule has 0 atom stereocenters. The van der Waals surface area contributed by atoms with E-state index in [1.165, 1.54) is 4.88 Å². The molecule has 2 aromatic rings. The highest BCUT2D eigenvalue weighted by atomic mass is 35.5. The van der Waals surface area contributed by atoms with Crippen LogP contribution >= 0.6 is 22.9 Å². The molecule has 0 saturated carbocycles. The smallest absolute Gasteiger partial charge is 0.235 e. The summed E-state index contributed by atoms with van der Waals surface area (Å²) < 4.78 is 2.49. The fraction of sp³-hybridized carbons (Fsp3) is 0.300. The van der Waals surface area contributed by atoms with Crippen molar-refractivity contribution in [1.29, 1.82) is 5.26 Å². The van der Waals surface area contributed by atoms with Crippen molar-refractivity contribution in [1.82, 2.24) is 19.7 Å². The summed E-state index contributed by atoms with van der Waals surface area (Å²) in [5.41, 5.74) is 0. The van der Waals surface area contributed by atoms with Gasteiger partial charge in [0.05, 0.1) is 11.0 Å². The van der Waals surface area contributed by atoms with Crippen LogP contribution in [0, 0.1) is 11.3 Å². The Balaban J connectivity index is 1.98. The molecule has 2 aromatic heterocycles. The molecule has 0 radical (unpaired) electrons. The third-order valence-corrected chi connectivity index (χ3v) is 3.38. The van der Waals surface area contributed by atoms with E-state index in [0.29, 0.717) is 12.5 Å². The third-order valence-electron chi connectivity index (χ3n) is 2.16. The van der Waals surface area contributed by atoms with Crippen LogP contribution in [-0.4, -0.2) is 26.7 Å². The predicted molar refractivity (Wildman–Crippen MR) is 65.5 cm³/mol. The van der Waals surface area contributed by atoms with Crippen molar-refractivity contribution < 1.29 is 0 Å². The summed E-state index contributed by atoms with van der Waals surface area (Å²) >= 11 is 7.42. The van der Waals surface area contributed by atoms with E-state index in [4.69, 9.17) is 16.9 Å². The van der Waals surface area contributed by atoms with Crippen molar-refractivity contribution in [2.75, 3.05) is 7.05 Å². The molecule has 0 aliphatic heterocycles. The van der Waals surface area contributed by atoms with Crippen LogP contribution in [0.1, 0.15) is 10.7 Å². The van der Waals surface area contributed by atoms with Gasteiger partial charge in [0.1, 0.15) is 12.4 Å². The summed E-state index contributed by atoms with van der Waals surface area (Å²) in [4.78, 5) is 3.25. The standard InChI is InChI=1S/C10H10ClN5S/c1-15(5-8-2-3-9(11)17-8)7-16-6-13-14-10(16)4-12/h2-3,6H,5,7H2,1H3. The Morgan fingerprint density at radius 2 is 2.41 bits per heavy atom. The molecule has 0 aromatic carbocycles. The lowest BCUT2D eigenvalue weighted by Crippen LogP contribution is -2.21. The monoisotopic (exact) mass is 267 g/mol. The zero-order valence-corrected chi connectivity index (χ0v) is 10.7. The average Bonchev–Trinajstić information content (AvgIpc) is 2.87. The fourth-order valence-corrected chi connectivity index (χ4v) is 2.63. The molecule has 0 saturated heterocycles. The van der Waals surface area contributed by atoms with E-state index in [1.54, 1.807) is 22.2 Å². The van der Waals surface area contributed by atoms with Gasteiger partial charge in [-0.05, 0) is 19.2 Å². The number of nitrogens with zero attached hydrogens (tertiary/aromatic N) is 5. The minimum atomic E-state index is 0.320. The lowest BCUT2D eigenvalue weighted by atomic mass is 10.4. The highest BCUT2D eigenvalue weighted by molar-refractivity contribution is 7.16. The number of hydrogen-bond acceptors (Lipinski definition) is 5. The largest absolute Gasteiger partial charge is 0.291 e. The van der Waals surface area contributed by atoms with Crippen LogP contribution in [-0.2, 0) is 13.2 Å². The molecule has 0 spiro atoms. The number of aromatic nitrogens is 3. The maximum Gasteiger partial charge on any atom is 0.235 e. The Kier molecular flexibility index (Phi) is 3.74. The van der Waals surface area contributed by atoms with Crippen molar-refractivity contribution in [3.05, 3.63) is 33.5 Å². The van der Waals surface area contributed by atoms with E-state index in [0.717, 1.165) is 10.9 Å². The van der Waals surface area contributed by atoms with Crippen LogP contribution in [0.5, 0.6) is 0 Å². The molecule has 0 N–H and O–H groups in total. The van der Waals surface area contributed by atoms with Crippen molar-refractivity contribution in [3.8, 4) is 6.07 Å². The molecule has 2 heterocycles.